The van der Waals surface area contributed by atoms with E-state index in [1.54, 1.807) is 18.2 Å². The van der Waals surface area contributed by atoms with Crippen molar-refractivity contribution in [3.8, 4) is 5.75 Å². The van der Waals surface area contributed by atoms with Gasteiger partial charge < -0.3 is 19.9 Å². The van der Waals surface area contributed by atoms with Gasteiger partial charge in [-0.15, -0.1) is 0 Å². The van der Waals surface area contributed by atoms with Crippen LogP contribution in [-0.4, -0.2) is 35.7 Å². The van der Waals surface area contributed by atoms with Gasteiger partial charge >= 0.3 is 12.1 Å². The number of carboxylic acid groups (broad SMARTS) is 1. The molecule has 0 aliphatic carbocycles. The van der Waals surface area contributed by atoms with Crippen LogP contribution in [0.3, 0.4) is 0 Å². The number of alkyl halides is 3. The number of hydrogen-bond acceptors (Lipinski definition) is 4. The van der Waals surface area contributed by atoms with E-state index in [4.69, 9.17) is 9.47 Å². The molecule has 3 aromatic rings. The number of nitrogens with one attached hydrogen (secondary N) is 1. The van der Waals surface area contributed by atoms with Gasteiger partial charge in [0.25, 0.3) is 5.91 Å². The van der Waals surface area contributed by atoms with Crippen molar-refractivity contribution in [1.82, 2.24) is 5.32 Å². The summed E-state index contributed by atoms with van der Waals surface area (Å²) in [6.07, 6.45) is -4.31. The summed E-state index contributed by atoms with van der Waals surface area (Å²) in [6, 6.07) is 14.9. The summed E-state index contributed by atoms with van der Waals surface area (Å²) in [6.45, 7) is -0.0232. The zero-order chi connectivity index (χ0) is 23.6. The molecule has 33 heavy (non-hydrogen) atoms. The Morgan fingerprint density at radius 1 is 1.06 bits per heavy atom. The van der Waals surface area contributed by atoms with Crippen LogP contribution in [0.4, 0.5) is 13.2 Å². The monoisotopic (exact) mass is 459 g/mol. The highest BCUT2D eigenvalue weighted by Crippen LogP contribution is 2.33. The lowest BCUT2D eigenvalue weighted by Crippen LogP contribution is -2.55. The number of carboxylic acids is 1. The number of halogens is 3. The molecule has 1 heterocycles. The van der Waals surface area contributed by atoms with E-state index in [9.17, 15) is 27.9 Å². The minimum Gasteiger partial charge on any atom is -0.487 e. The van der Waals surface area contributed by atoms with Gasteiger partial charge in [-0.25, -0.2) is 4.79 Å². The molecule has 0 spiro atoms. The van der Waals surface area contributed by atoms with Crippen molar-refractivity contribution < 1.29 is 37.3 Å². The standard InChI is InChI=1S/C24H20F3NO5/c25-24(26,27)17-8-5-15(6-9-17)13-33-20-18-4-2-1-3-16(18)7-10-19(20)21(29)28-23(22(30)31)11-12-32-14-23/h1-10H,11-14H2,(H,28,29)(H,30,31). The lowest BCUT2D eigenvalue weighted by Gasteiger charge is -2.24. The molecule has 1 aliphatic rings. The number of hydrogen-bond donors (Lipinski definition) is 2. The van der Waals surface area contributed by atoms with Crippen LogP contribution in [0, 0.1) is 0 Å². The number of carbonyl (C=O) groups excluding carboxylic acids is 1. The molecular formula is C24H20F3NO5. The number of aliphatic carboxylic acids is 1. The number of amides is 1. The molecule has 3 aromatic carbocycles. The Morgan fingerprint density at radius 2 is 1.79 bits per heavy atom. The predicted octanol–water partition coefficient (Wildman–Crippen LogP) is 4.41. The molecule has 0 bridgehead atoms. The number of ether oxygens (including phenoxy) is 2. The van der Waals surface area contributed by atoms with Crippen LogP contribution in [0.1, 0.15) is 27.9 Å². The first kappa shape index (κ1) is 22.6. The van der Waals surface area contributed by atoms with Gasteiger partial charge in [-0.1, -0.05) is 42.5 Å². The van der Waals surface area contributed by atoms with E-state index in [2.05, 4.69) is 5.32 Å². The lowest BCUT2D eigenvalue weighted by molar-refractivity contribution is -0.144. The molecule has 1 unspecified atom stereocenters. The van der Waals surface area contributed by atoms with E-state index >= 15 is 0 Å². The van der Waals surface area contributed by atoms with Crippen molar-refractivity contribution in [2.45, 2.75) is 24.7 Å². The van der Waals surface area contributed by atoms with E-state index < -0.39 is 29.2 Å². The first-order valence-corrected chi connectivity index (χ1v) is 10.1. The Bertz CT molecular complexity index is 1180. The number of fused-ring (bicyclic) bond motifs is 1. The van der Waals surface area contributed by atoms with E-state index in [1.165, 1.54) is 18.2 Å². The zero-order valence-electron chi connectivity index (χ0n) is 17.3. The lowest BCUT2D eigenvalue weighted by atomic mass is 9.97. The molecule has 9 heteroatoms. The van der Waals surface area contributed by atoms with Crippen LogP contribution in [-0.2, 0) is 22.3 Å². The fourth-order valence-electron chi connectivity index (χ4n) is 3.69. The van der Waals surface area contributed by atoms with Crippen molar-refractivity contribution in [3.05, 3.63) is 77.4 Å². The summed E-state index contributed by atoms with van der Waals surface area (Å²) in [4.78, 5) is 24.9. The Labute approximate surface area is 186 Å². The molecule has 4 rings (SSSR count). The van der Waals surface area contributed by atoms with Gasteiger partial charge in [0.2, 0.25) is 0 Å². The second kappa shape index (κ2) is 8.74. The van der Waals surface area contributed by atoms with Gasteiger partial charge in [0.1, 0.15) is 12.4 Å². The van der Waals surface area contributed by atoms with Gasteiger partial charge in [0.05, 0.1) is 17.7 Å². The Hall–Kier alpha value is -3.59. The maximum atomic E-state index is 13.1. The third-order valence-corrected chi connectivity index (χ3v) is 5.57. The Kier molecular flexibility index (Phi) is 5.99. The quantitative estimate of drug-likeness (QED) is 0.571. The number of rotatable bonds is 6. The van der Waals surface area contributed by atoms with Crippen molar-refractivity contribution in [2.75, 3.05) is 13.2 Å². The van der Waals surface area contributed by atoms with Crippen molar-refractivity contribution in [3.63, 3.8) is 0 Å². The van der Waals surface area contributed by atoms with Gasteiger partial charge in [-0.2, -0.15) is 13.2 Å². The molecule has 6 nitrogen and oxygen atoms in total. The number of benzene rings is 3. The summed E-state index contributed by atoms with van der Waals surface area (Å²) in [5.41, 5.74) is -1.70. The van der Waals surface area contributed by atoms with E-state index in [1.807, 2.05) is 12.1 Å². The molecule has 1 saturated heterocycles. The molecule has 1 atom stereocenters. The van der Waals surface area contributed by atoms with Crippen LogP contribution < -0.4 is 10.1 Å². The minimum absolute atomic E-state index is 0.0837. The summed E-state index contributed by atoms with van der Waals surface area (Å²) in [5.74, 6) is -1.62. The average Bonchev–Trinajstić information content (AvgIpc) is 3.27. The van der Waals surface area contributed by atoms with Gasteiger partial charge in [0, 0.05) is 18.4 Å². The third-order valence-electron chi connectivity index (χ3n) is 5.57. The van der Waals surface area contributed by atoms with Crippen molar-refractivity contribution in [2.24, 2.45) is 0 Å². The molecular weight excluding hydrogens is 439 g/mol. The summed E-state index contributed by atoms with van der Waals surface area (Å²) >= 11 is 0. The van der Waals surface area contributed by atoms with Crippen molar-refractivity contribution >= 4 is 22.6 Å². The van der Waals surface area contributed by atoms with Crippen LogP contribution in [0.15, 0.2) is 60.7 Å². The molecule has 172 valence electrons. The van der Waals surface area contributed by atoms with Gasteiger partial charge in [-0.3, -0.25) is 4.79 Å². The molecule has 0 radical (unpaired) electrons. The summed E-state index contributed by atoms with van der Waals surface area (Å²) in [7, 11) is 0. The van der Waals surface area contributed by atoms with E-state index in [0.29, 0.717) is 10.9 Å². The molecule has 0 saturated carbocycles. The highest BCUT2D eigenvalue weighted by Gasteiger charge is 2.44. The Balaban J connectivity index is 1.64. The largest absolute Gasteiger partial charge is 0.487 e. The SMILES string of the molecule is O=C(NC1(C(=O)O)CCOC1)c1ccc2ccccc2c1OCc1ccc(C(F)(F)F)cc1. The molecule has 1 amide bonds. The molecule has 0 aromatic heterocycles. The predicted molar refractivity (Wildman–Crippen MR) is 113 cm³/mol. The number of carbonyl (C=O) groups is 2. The normalized spacial score (nSPS) is 18.3. The first-order chi connectivity index (χ1) is 15.7. The molecule has 1 aliphatic heterocycles. The smallest absolute Gasteiger partial charge is 0.416 e. The van der Waals surface area contributed by atoms with Crippen LogP contribution in [0.25, 0.3) is 10.8 Å². The summed E-state index contributed by atoms with van der Waals surface area (Å²) in [5, 5.41) is 13.6. The zero-order valence-corrected chi connectivity index (χ0v) is 17.3. The fourth-order valence-corrected chi connectivity index (χ4v) is 3.69. The van der Waals surface area contributed by atoms with E-state index in [-0.39, 0.29) is 37.6 Å². The van der Waals surface area contributed by atoms with E-state index in [0.717, 1.165) is 17.5 Å². The fraction of sp³-hybridized carbons (Fsp3) is 0.250. The van der Waals surface area contributed by atoms with Crippen LogP contribution >= 0.6 is 0 Å². The van der Waals surface area contributed by atoms with Crippen LogP contribution in [0.5, 0.6) is 5.75 Å². The maximum absolute atomic E-state index is 13.1. The molecule has 1 fully saturated rings. The average molecular weight is 459 g/mol. The van der Waals surface area contributed by atoms with Gasteiger partial charge in [0.15, 0.2) is 5.54 Å². The second-order valence-electron chi connectivity index (χ2n) is 7.79. The highest BCUT2D eigenvalue weighted by atomic mass is 19.4. The topological polar surface area (TPSA) is 84.9 Å². The molecule has 2 N–H and O–H groups in total. The second-order valence-corrected chi connectivity index (χ2v) is 7.79. The van der Waals surface area contributed by atoms with Gasteiger partial charge in [-0.05, 0) is 29.1 Å². The summed E-state index contributed by atoms with van der Waals surface area (Å²) < 4.78 is 49.6. The third kappa shape index (κ3) is 4.63. The first-order valence-electron chi connectivity index (χ1n) is 10.1. The van der Waals surface area contributed by atoms with Crippen LogP contribution in [0.2, 0.25) is 0 Å². The minimum atomic E-state index is -4.44. The highest BCUT2D eigenvalue weighted by molar-refractivity contribution is 6.05. The Morgan fingerprint density at radius 3 is 2.42 bits per heavy atom. The maximum Gasteiger partial charge on any atom is 0.416 e. The van der Waals surface area contributed by atoms with Crippen molar-refractivity contribution in [1.29, 1.82) is 0 Å².